The molecular weight excluding hydrogens is 418 g/mol. The summed E-state index contributed by atoms with van der Waals surface area (Å²) >= 11 is 3.44. The van der Waals surface area contributed by atoms with E-state index in [1.807, 2.05) is 54.6 Å². The van der Waals surface area contributed by atoms with Crippen LogP contribution in [0, 0.1) is 0 Å². The Morgan fingerprint density at radius 3 is 2.54 bits per heavy atom. The van der Waals surface area contributed by atoms with Crippen molar-refractivity contribution in [1.82, 2.24) is 0 Å². The monoisotopic (exact) mass is 435 g/mol. The van der Waals surface area contributed by atoms with Crippen LogP contribution in [0.4, 0.5) is 5.69 Å². The summed E-state index contributed by atoms with van der Waals surface area (Å²) in [6.07, 6.45) is 0. The number of rotatable bonds is 6. The Morgan fingerprint density at radius 2 is 1.79 bits per heavy atom. The Morgan fingerprint density at radius 1 is 1.04 bits per heavy atom. The SMILES string of the molecule is COc1ccc(C(=O)c2oc3ccccc3c2NCc2ccccc2)cc1Br. The average Bonchev–Trinajstić information content (AvgIpc) is 3.11. The van der Waals surface area contributed by atoms with Crippen molar-refractivity contribution in [3.05, 3.63) is 94.2 Å². The van der Waals surface area contributed by atoms with Gasteiger partial charge in [-0.1, -0.05) is 42.5 Å². The molecule has 0 unspecified atom stereocenters. The summed E-state index contributed by atoms with van der Waals surface area (Å²) in [6.45, 7) is 0.594. The fourth-order valence-electron chi connectivity index (χ4n) is 3.11. The average molecular weight is 436 g/mol. The molecule has 0 spiro atoms. The second-order valence-corrected chi connectivity index (χ2v) is 7.17. The fraction of sp³-hybridized carbons (Fsp3) is 0.0870. The normalized spacial score (nSPS) is 10.8. The van der Waals surface area contributed by atoms with Gasteiger partial charge in [0.15, 0.2) is 5.76 Å². The number of carbonyl (C=O) groups is 1. The topological polar surface area (TPSA) is 51.5 Å². The summed E-state index contributed by atoms with van der Waals surface area (Å²) in [7, 11) is 1.59. The fourth-order valence-corrected chi connectivity index (χ4v) is 3.65. The summed E-state index contributed by atoms with van der Waals surface area (Å²) in [6, 6.07) is 22.9. The van der Waals surface area contributed by atoms with Gasteiger partial charge in [0.05, 0.1) is 17.3 Å². The van der Waals surface area contributed by atoms with E-state index in [1.165, 1.54) is 0 Å². The second-order valence-electron chi connectivity index (χ2n) is 6.32. The zero-order valence-corrected chi connectivity index (χ0v) is 16.8. The summed E-state index contributed by atoms with van der Waals surface area (Å²) < 4.78 is 11.9. The minimum absolute atomic E-state index is 0.185. The molecule has 0 bridgehead atoms. The van der Waals surface area contributed by atoms with Gasteiger partial charge in [0.1, 0.15) is 11.3 Å². The van der Waals surface area contributed by atoms with Crippen LogP contribution in [0.15, 0.2) is 81.7 Å². The van der Waals surface area contributed by atoms with E-state index in [2.05, 4.69) is 21.2 Å². The van der Waals surface area contributed by atoms with Gasteiger partial charge in [-0.15, -0.1) is 0 Å². The van der Waals surface area contributed by atoms with Crippen molar-refractivity contribution >= 4 is 38.4 Å². The quantitative estimate of drug-likeness (QED) is 0.374. The van der Waals surface area contributed by atoms with Gasteiger partial charge in [-0.05, 0) is 51.8 Å². The van der Waals surface area contributed by atoms with Crippen molar-refractivity contribution in [1.29, 1.82) is 0 Å². The lowest BCUT2D eigenvalue weighted by Crippen LogP contribution is -2.06. The minimum Gasteiger partial charge on any atom is -0.496 e. The highest BCUT2D eigenvalue weighted by atomic mass is 79.9. The van der Waals surface area contributed by atoms with Gasteiger partial charge in [0, 0.05) is 17.5 Å². The third kappa shape index (κ3) is 3.53. The molecule has 0 saturated carbocycles. The van der Waals surface area contributed by atoms with Gasteiger partial charge in [0.25, 0.3) is 0 Å². The Kier molecular flexibility index (Phi) is 5.17. The molecule has 4 rings (SSSR count). The van der Waals surface area contributed by atoms with Gasteiger partial charge in [-0.2, -0.15) is 0 Å². The molecule has 140 valence electrons. The Hall–Kier alpha value is -3.05. The molecule has 0 radical (unpaired) electrons. The molecule has 0 amide bonds. The van der Waals surface area contributed by atoms with Crippen LogP contribution in [0.3, 0.4) is 0 Å². The molecule has 0 fully saturated rings. The third-order valence-corrected chi connectivity index (χ3v) is 5.15. The number of carbonyl (C=O) groups excluding carboxylic acids is 1. The summed E-state index contributed by atoms with van der Waals surface area (Å²) in [4.78, 5) is 13.2. The molecule has 1 aromatic heterocycles. The van der Waals surface area contributed by atoms with Crippen molar-refractivity contribution in [3.63, 3.8) is 0 Å². The lowest BCUT2D eigenvalue weighted by Gasteiger charge is -2.08. The Bertz CT molecular complexity index is 1140. The first-order valence-corrected chi connectivity index (χ1v) is 9.64. The standard InChI is InChI=1S/C23H18BrNO3/c1-27-20-12-11-16(13-18(20)24)22(26)23-21(17-9-5-6-10-19(17)28-23)25-14-15-7-3-2-4-8-15/h2-13,25H,14H2,1H3. The predicted molar refractivity (Wildman–Crippen MR) is 114 cm³/mol. The van der Waals surface area contributed by atoms with E-state index in [4.69, 9.17) is 9.15 Å². The number of benzene rings is 3. The lowest BCUT2D eigenvalue weighted by molar-refractivity contribution is 0.101. The predicted octanol–water partition coefficient (Wildman–Crippen LogP) is 6.05. The molecule has 3 aromatic carbocycles. The molecule has 0 aliphatic rings. The number of para-hydroxylation sites is 1. The van der Waals surface area contributed by atoms with E-state index < -0.39 is 0 Å². The largest absolute Gasteiger partial charge is 0.496 e. The van der Waals surface area contributed by atoms with Crippen molar-refractivity contribution in [2.24, 2.45) is 0 Å². The van der Waals surface area contributed by atoms with Gasteiger partial charge in [-0.3, -0.25) is 4.79 Å². The number of anilines is 1. The molecule has 0 saturated heterocycles. The van der Waals surface area contributed by atoms with E-state index in [0.29, 0.717) is 34.9 Å². The van der Waals surface area contributed by atoms with Crippen molar-refractivity contribution < 1.29 is 13.9 Å². The van der Waals surface area contributed by atoms with Gasteiger partial charge < -0.3 is 14.5 Å². The molecule has 1 N–H and O–H groups in total. The molecule has 28 heavy (non-hydrogen) atoms. The number of halogens is 1. The highest BCUT2D eigenvalue weighted by Crippen LogP contribution is 2.34. The Labute approximate surface area is 171 Å². The number of fused-ring (bicyclic) bond motifs is 1. The molecular formula is C23H18BrNO3. The molecule has 4 nitrogen and oxygen atoms in total. The highest BCUT2D eigenvalue weighted by molar-refractivity contribution is 9.10. The maximum Gasteiger partial charge on any atom is 0.230 e. The number of furan rings is 1. The smallest absolute Gasteiger partial charge is 0.230 e. The summed E-state index contributed by atoms with van der Waals surface area (Å²) in [5.41, 5.74) is 3.03. The van der Waals surface area contributed by atoms with Crippen LogP contribution in [-0.4, -0.2) is 12.9 Å². The van der Waals surface area contributed by atoms with E-state index >= 15 is 0 Å². The number of ketones is 1. The maximum atomic E-state index is 13.2. The van der Waals surface area contributed by atoms with E-state index in [0.717, 1.165) is 15.4 Å². The first kappa shape index (κ1) is 18.3. The molecule has 5 heteroatoms. The van der Waals surface area contributed by atoms with Crippen LogP contribution >= 0.6 is 15.9 Å². The van der Waals surface area contributed by atoms with Crippen LogP contribution in [0.25, 0.3) is 11.0 Å². The maximum absolute atomic E-state index is 13.2. The molecule has 1 heterocycles. The van der Waals surface area contributed by atoms with Gasteiger partial charge >= 0.3 is 0 Å². The molecule has 0 atom stereocenters. The van der Waals surface area contributed by atoms with Crippen LogP contribution in [-0.2, 0) is 6.54 Å². The number of nitrogens with one attached hydrogen (secondary N) is 1. The lowest BCUT2D eigenvalue weighted by atomic mass is 10.1. The minimum atomic E-state index is -0.185. The van der Waals surface area contributed by atoms with Crippen molar-refractivity contribution in [2.75, 3.05) is 12.4 Å². The van der Waals surface area contributed by atoms with Gasteiger partial charge in [0.2, 0.25) is 5.78 Å². The second kappa shape index (κ2) is 7.90. The highest BCUT2D eigenvalue weighted by Gasteiger charge is 2.22. The van der Waals surface area contributed by atoms with E-state index in [1.54, 1.807) is 25.3 Å². The number of ether oxygens (including phenoxy) is 1. The van der Waals surface area contributed by atoms with Crippen LogP contribution < -0.4 is 10.1 Å². The van der Waals surface area contributed by atoms with Crippen LogP contribution in [0.5, 0.6) is 5.75 Å². The first-order chi connectivity index (χ1) is 13.7. The van der Waals surface area contributed by atoms with Crippen LogP contribution in [0.1, 0.15) is 21.7 Å². The number of hydrogen-bond acceptors (Lipinski definition) is 4. The first-order valence-electron chi connectivity index (χ1n) is 8.85. The van der Waals surface area contributed by atoms with E-state index in [9.17, 15) is 4.79 Å². The molecule has 0 aliphatic heterocycles. The molecule has 4 aromatic rings. The summed E-state index contributed by atoms with van der Waals surface area (Å²) in [5.74, 6) is 0.785. The third-order valence-electron chi connectivity index (χ3n) is 4.53. The molecule has 0 aliphatic carbocycles. The summed E-state index contributed by atoms with van der Waals surface area (Å²) in [5, 5.41) is 4.27. The number of hydrogen-bond donors (Lipinski definition) is 1. The van der Waals surface area contributed by atoms with Crippen molar-refractivity contribution in [2.45, 2.75) is 6.54 Å². The Balaban J connectivity index is 1.73. The zero-order chi connectivity index (χ0) is 19.5. The van der Waals surface area contributed by atoms with Crippen molar-refractivity contribution in [3.8, 4) is 5.75 Å². The zero-order valence-electron chi connectivity index (χ0n) is 15.2. The van der Waals surface area contributed by atoms with Crippen LogP contribution in [0.2, 0.25) is 0 Å². The van der Waals surface area contributed by atoms with Gasteiger partial charge in [-0.25, -0.2) is 0 Å². The number of methoxy groups -OCH3 is 1. The van der Waals surface area contributed by atoms with E-state index in [-0.39, 0.29) is 5.78 Å².